The molecular weight excluding hydrogens is 296 g/mol. The van der Waals surface area contributed by atoms with Crippen LogP contribution in [0.25, 0.3) is 0 Å². The van der Waals surface area contributed by atoms with Crippen LogP contribution in [0.4, 0.5) is 0 Å². The van der Waals surface area contributed by atoms with E-state index in [0.717, 1.165) is 13.0 Å². The van der Waals surface area contributed by atoms with Crippen LogP contribution in [0, 0.1) is 0 Å². The Morgan fingerprint density at radius 2 is 2.00 bits per heavy atom. The molecule has 1 heterocycles. The summed E-state index contributed by atoms with van der Waals surface area (Å²) in [6.45, 7) is 4.33. The van der Waals surface area contributed by atoms with E-state index in [1.807, 2.05) is 0 Å². The molecule has 1 aromatic heterocycles. The SMILES string of the molecule is CCCNCCNC(=O)c1cn(CC(=O)N(C)C)nn1.Cl. The van der Waals surface area contributed by atoms with Crippen molar-refractivity contribution in [3.05, 3.63) is 11.9 Å². The first-order valence-electron chi connectivity index (χ1n) is 6.63. The van der Waals surface area contributed by atoms with Crippen molar-refractivity contribution in [1.29, 1.82) is 0 Å². The molecule has 2 N–H and O–H groups in total. The predicted molar refractivity (Wildman–Crippen MR) is 81.5 cm³/mol. The van der Waals surface area contributed by atoms with Crippen LogP contribution in [0.5, 0.6) is 0 Å². The van der Waals surface area contributed by atoms with Gasteiger partial charge < -0.3 is 15.5 Å². The Bertz CT molecular complexity index is 449. The van der Waals surface area contributed by atoms with Gasteiger partial charge in [-0.3, -0.25) is 9.59 Å². The van der Waals surface area contributed by atoms with Gasteiger partial charge in [-0.05, 0) is 13.0 Å². The molecule has 1 aromatic rings. The predicted octanol–water partition coefficient (Wildman–Crippen LogP) is -0.482. The number of hydrogen-bond donors (Lipinski definition) is 2. The van der Waals surface area contributed by atoms with E-state index in [1.54, 1.807) is 14.1 Å². The fraction of sp³-hybridized carbons (Fsp3) is 0.667. The summed E-state index contributed by atoms with van der Waals surface area (Å²) in [5.41, 5.74) is 0.215. The molecule has 0 unspecified atom stereocenters. The molecule has 8 nitrogen and oxygen atoms in total. The first-order chi connectivity index (χ1) is 9.54. The van der Waals surface area contributed by atoms with Gasteiger partial charge in [-0.25, -0.2) is 4.68 Å². The molecule has 0 saturated carbocycles. The number of nitrogens with zero attached hydrogens (tertiary/aromatic N) is 4. The molecule has 0 aliphatic carbocycles. The number of carbonyl (C=O) groups is 2. The zero-order chi connectivity index (χ0) is 15.0. The van der Waals surface area contributed by atoms with Crippen molar-refractivity contribution in [2.75, 3.05) is 33.7 Å². The maximum Gasteiger partial charge on any atom is 0.273 e. The molecule has 0 spiro atoms. The molecule has 9 heteroatoms. The lowest BCUT2D eigenvalue weighted by molar-refractivity contribution is -0.129. The lowest BCUT2D eigenvalue weighted by atomic mass is 10.4. The van der Waals surface area contributed by atoms with Crippen LogP contribution in [0.15, 0.2) is 6.20 Å². The van der Waals surface area contributed by atoms with Crippen LogP contribution >= 0.6 is 12.4 Å². The van der Waals surface area contributed by atoms with E-state index in [9.17, 15) is 9.59 Å². The van der Waals surface area contributed by atoms with Crippen molar-refractivity contribution in [3.63, 3.8) is 0 Å². The smallest absolute Gasteiger partial charge is 0.273 e. The summed E-state index contributed by atoms with van der Waals surface area (Å²) in [6, 6.07) is 0. The zero-order valence-electron chi connectivity index (χ0n) is 12.6. The molecule has 0 aliphatic heterocycles. The molecular formula is C12H23ClN6O2. The summed E-state index contributed by atoms with van der Waals surface area (Å²) in [6.07, 6.45) is 2.53. The lowest BCUT2D eigenvalue weighted by Crippen LogP contribution is -2.32. The lowest BCUT2D eigenvalue weighted by Gasteiger charge is -2.08. The summed E-state index contributed by atoms with van der Waals surface area (Å²) >= 11 is 0. The second kappa shape index (κ2) is 10.1. The Morgan fingerprint density at radius 3 is 2.62 bits per heavy atom. The van der Waals surface area contributed by atoms with Gasteiger partial charge in [0.1, 0.15) is 6.54 Å². The maximum atomic E-state index is 11.8. The third-order valence-electron chi connectivity index (χ3n) is 2.58. The molecule has 120 valence electrons. The minimum atomic E-state index is -0.285. The number of likely N-dealkylation sites (N-methyl/N-ethyl adjacent to an activating group) is 1. The number of aromatic nitrogens is 3. The molecule has 0 fully saturated rings. The summed E-state index contributed by atoms with van der Waals surface area (Å²) in [4.78, 5) is 24.7. The van der Waals surface area contributed by atoms with E-state index in [0.29, 0.717) is 13.1 Å². The molecule has 2 amide bonds. The van der Waals surface area contributed by atoms with Gasteiger partial charge in [0.15, 0.2) is 5.69 Å². The van der Waals surface area contributed by atoms with E-state index in [4.69, 9.17) is 0 Å². The molecule has 1 rings (SSSR count). The molecule has 21 heavy (non-hydrogen) atoms. The number of nitrogens with one attached hydrogen (secondary N) is 2. The minimum absolute atomic E-state index is 0. The number of halogens is 1. The van der Waals surface area contributed by atoms with Gasteiger partial charge in [0.2, 0.25) is 5.91 Å². The average molecular weight is 319 g/mol. The highest BCUT2D eigenvalue weighted by molar-refractivity contribution is 5.91. The third-order valence-corrected chi connectivity index (χ3v) is 2.58. The van der Waals surface area contributed by atoms with Crippen molar-refractivity contribution in [2.24, 2.45) is 0 Å². The standard InChI is InChI=1S/C12H22N6O2.ClH/c1-4-5-13-6-7-14-12(20)10-8-18(16-15-10)9-11(19)17(2)3;/h8,13H,4-7,9H2,1-3H3,(H,14,20);1H. The molecule has 0 bridgehead atoms. The van der Waals surface area contributed by atoms with Gasteiger partial charge >= 0.3 is 0 Å². The minimum Gasteiger partial charge on any atom is -0.349 e. The molecule has 0 aromatic carbocycles. The van der Waals surface area contributed by atoms with Crippen LogP contribution < -0.4 is 10.6 Å². The van der Waals surface area contributed by atoms with Gasteiger partial charge in [-0.2, -0.15) is 0 Å². The van der Waals surface area contributed by atoms with Gasteiger partial charge in [0.05, 0.1) is 6.20 Å². The van der Waals surface area contributed by atoms with Crippen molar-refractivity contribution in [1.82, 2.24) is 30.5 Å². The average Bonchev–Trinajstić information content (AvgIpc) is 2.86. The Morgan fingerprint density at radius 1 is 1.29 bits per heavy atom. The second-order valence-corrected chi connectivity index (χ2v) is 4.60. The third kappa shape index (κ3) is 7.05. The van der Waals surface area contributed by atoms with Crippen LogP contribution in [0.1, 0.15) is 23.8 Å². The van der Waals surface area contributed by atoms with Crippen molar-refractivity contribution >= 4 is 24.2 Å². The normalized spacial score (nSPS) is 9.86. The quantitative estimate of drug-likeness (QED) is 0.632. The largest absolute Gasteiger partial charge is 0.349 e. The van der Waals surface area contributed by atoms with E-state index < -0.39 is 0 Å². The van der Waals surface area contributed by atoms with Gasteiger partial charge in [-0.15, -0.1) is 17.5 Å². The molecule has 0 radical (unpaired) electrons. The van der Waals surface area contributed by atoms with Crippen molar-refractivity contribution in [2.45, 2.75) is 19.9 Å². The summed E-state index contributed by atoms with van der Waals surface area (Å²) < 4.78 is 1.35. The summed E-state index contributed by atoms with van der Waals surface area (Å²) in [7, 11) is 3.33. The zero-order valence-corrected chi connectivity index (χ0v) is 13.4. The number of rotatable bonds is 8. The van der Waals surface area contributed by atoms with E-state index in [-0.39, 0.29) is 36.5 Å². The Kier molecular flexibility index (Phi) is 9.31. The van der Waals surface area contributed by atoms with Gasteiger partial charge in [0, 0.05) is 27.2 Å². The number of hydrogen-bond acceptors (Lipinski definition) is 5. The van der Waals surface area contributed by atoms with E-state index in [1.165, 1.54) is 15.8 Å². The highest BCUT2D eigenvalue weighted by Gasteiger charge is 2.12. The molecule has 0 aliphatic rings. The molecule has 0 saturated heterocycles. The van der Waals surface area contributed by atoms with E-state index >= 15 is 0 Å². The van der Waals surface area contributed by atoms with Crippen LogP contribution in [-0.2, 0) is 11.3 Å². The van der Waals surface area contributed by atoms with Crippen LogP contribution in [0.2, 0.25) is 0 Å². The second-order valence-electron chi connectivity index (χ2n) is 4.60. The fourth-order valence-corrected chi connectivity index (χ4v) is 1.42. The van der Waals surface area contributed by atoms with Crippen LogP contribution in [-0.4, -0.2) is 65.4 Å². The van der Waals surface area contributed by atoms with E-state index in [2.05, 4.69) is 27.9 Å². The van der Waals surface area contributed by atoms with Gasteiger partial charge in [-0.1, -0.05) is 12.1 Å². The first kappa shape index (κ1) is 19.3. The Balaban J connectivity index is 0.00000400. The maximum absolute atomic E-state index is 11.8. The Hall–Kier alpha value is -1.67. The van der Waals surface area contributed by atoms with Crippen molar-refractivity contribution in [3.8, 4) is 0 Å². The summed E-state index contributed by atoms with van der Waals surface area (Å²) in [5, 5.41) is 13.4. The first-order valence-corrected chi connectivity index (χ1v) is 6.63. The number of carbonyl (C=O) groups excluding carboxylic acids is 2. The fourth-order valence-electron chi connectivity index (χ4n) is 1.42. The van der Waals surface area contributed by atoms with Crippen molar-refractivity contribution < 1.29 is 9.59 Å². The summed E-state index contributed by atoms with van der Waals surface area (Å²) in [5.74, 6) is -0.391. The highest BCUT2D eigenvalue weighted by atomic mass is 35.5. The highest BCUT2D eigenvalue weighted by Crippen LogP contribution is 1.94. The van der Waals surface area contributed by atoms with Gasteiger partial charge in [0.25, 0.3) is 5.91 Å². The number of amides is 2. The van der Waals surface area contributed by atoms with Crippen LogP contribution in [0.3, 0.4) is 0 Å². The monoisotopic (exact) mass is 318 g/mol. The Labute approximate surface area is 130 Å². The molecule has 0 atom stereocenters. The topological polar surface area (TPSA) is 92.1 Å².